The lowest BCUT2D eigenvalue weighted by molar-refractivity contribution is -0.00490. The molecular formula is C16H18BrF3N4O3S. The second kappa shape index (κ2) is 7.84. The molecule has 0 bridgehead atoms. The van der Waals surface area contributed by atoms with Crippen molar-refractivity contribution < 1.29 is 26.4 Å². The van der Waals surface area contributed by atoms with E-state index in [1.165, 1.54) is 19.2 Å². The van der Waals surface area contributed by atoms with Gasteiger partial charge in [-0.05, 0) is 41.9 Å². The van der Waals surface area contributed by atoms with E-state index in [4.69, 9.17) is 0 Å². The number of carbonyl (C=O) groups excluding carboxylic acids is 1. The molecule has 2 rings (SSSR count). The maximum absolute atomic E-state index is 14.7. The molecule has 0 saturated carbocycles. The summed E-state index contributed by atoms with van der Waals surface area (Å²) in [6.07, 6.45) is 0.848. The van der Waals surface area contributed by atoms with E-state index >= 15 is 0 Å². The van der Waals surface area contributed by atoms with Crippen LogP contribution in [0.3, 0.4) is 0 Å². The lowest BCUT2D eigenvalue weighted by Crippen LogP contribution is -2.43. The van der Waals surface area contributed by atoms with Crippen LogP contribution >= 0.6 is 15.9 Å². The molecule has 0 aliphatic carbocycles. The quantitative estimate of drug-likeness (QED) is 0.618. The van der Waals surface area contributed by atoms with Crippen LogP contribution in [0.15, 0.2) is 27.8 Å². The number of carbonyl (C=O) groups is 1. The largest absolute Gasteiger partial charge is 0.343 e. The molecule has 0 radical (unpaired) electrons. The second-order valence-corrected chi connectivity index (χ2v) is 8.84. The molecule has 12 heteroatoms. The average Bonchev–Trinajstić information content (AvgIpc) is 2.80. The third-order valence-corrected chi connectivity index (χ3v) is 5.80. The van der Waals surface area contributed by atoms with Crippen molar-refractivity contribution in [1.29, 1.82) is 0 Å². The molecular weight excluding hydrogens is 465 g/mol. The van der Waals surface area contributed by atoms with E-state index in [1.807, 2.05) is 0 Å². The highest BCUT2D eigenvalue weighted by molar-refractivity contribution is 9.10. The standard InChI is InChI=1S/C16H18BrF3N4O3S/c1-8-5-10(6-12(17)21-8)22-15(25)14-13(18)11(7-24(14)4)28(26,27)23-9(2)16(3,19)20/h5-7,9,23H,1-4H3,(H,21,22,25)/t9-/m1/s1. The number of alkyl halides is 2. The molecule has 0 spiro atoms. The van der Waals surface area contributed by atoms with Crippen molar-refractivity contribution in [3.8, 4) is 0 Å². The Labute approximate surface area is 168 Å². The molecule has 0 aromatic carbocycles. The summed E-state index contributed by atoms with van der Waals surface area (Å²) in [5.74, 6) is -5.61. The van der Waals surface area contributed by atoms with Gasteiger partial charge in [0.15, 0.2) is 5.82 Å². The molecule has 154 valence electrons. The lowest BCUT2D eigenvalue weighted by atomic mass is 10.2. The van der Waals surface area contributed by atoms with Crippen molar-refractivity contribution >= 4 is 37.5 Å². The fourth-order valence-electron chi connectivity index (χ4n) is 2.31. The Morgan fingerprint density at radius 2 is 1.96 bits per heavy atom. The maximum Gasteiger partial charge on any atom is 0.275 e. The van der Waals surface area contributed by atoms with Crippen LogP contribution in [-0.4, -0.2) is 35.8 Å². The summed E-state index contributed by atoms with van der Waals surface area (Å²) in [5, 5.41) is 2.45. The zero-order chi connectivity index (χ0) is 21.4. The number of anilines is 1. The van der Waals surface area contributed by atoms with Gasteiger partial charge in [-0.25, -0.2) is 31.3 Å². The Hall–Kier alpha value is -1.92. The van der Waals surface area contributed by atoms with E-state index in [2.05, 4.69) is 26.2 Å². The van der Waals surface area contributed by atoms with Gasteiger partial charge in [0.1, 0.15) is 15.2 Å². The van der Waals surface area contributed by atoms with Gasteiger partial charge in [-0.15, -0.1) is 0 Å². The van der Waals surface area contributed by atoms with Gasteiger partial charge < -0.3 is 9.88 Å². The molecule has 1 atom stereocenters. The number of aryl methyl sites for hydroxylation is 2. The smallest absolute Gasteiger partial charge is 0.275 e. The summed E-state index contributed by atoms with van der Waals surface area (Å²) in [6, 6.07) is 1.25. The predicted molar refractivity (Wildman–Crippen MR) is 100 cm³/mol. The first-order valence-electron chi connectivity index (χ1n) is 7.93. The van der Waals surface area contributed by atoms with E-state index in [0.29, 0.717) is 22.9 Å². The van der Waals surface area contributed by atoms with Crippen LogP contribution in [0, 0.1) is 12.7 Å². The van der Waals surface area contributed by atoms with Crippen molar-refractivity contribution in [2.45, 2.75) is 37.6 Å². The Kier molecular flexibility index (Phi) is 6.26. The number of pyridine rings is 1. The minimum Gasteiger partial charge on any atom is -0.343 e. The van der Waals surface area contributed by atoms with Gasteiger partial charge in [-0.1, -0.05) is 0 Å². The van der Waals surface area contributed by atoms with Gasteiger partial charge in [0.25, 0.3) is 11.8 Å². The van der Waals surface area contributed by atoms with Gasteiger partial charge in [0, 0.05) is 31.5 Å². The molecule has 2 heterocycles. The third-order valence-electron chi connectivity index (χ3n) is 3.86. The van der Waals surface area contributed by atoms with Crippen LogP contribution in [0.1, 0.15) is 30.0 Å². The van der Waals surface area contributed by atoms with Gasteiger partial charge in [0.05, 0.1) is 6.04 Å². The van der Waals surface area contributed by atoms with Crippen molar-refractivity contribution in [1.82, 2.24) is 14.3 Å². The highest BCUT2D eigenvalue weighted by Crippen LogP contribution is 2.24. The van der Waals surface area contributed by atoms with Crippen molar-refractivity contribution in [2.75, 3.05) is 5.32 Å². The molecule has 0 unspecified atom stereocenters. The van der Waals surface area contributed by atoms with Crippen LogP contribution in [0.25, 0.3) is 0 Å². The van der Waals surface area contributed by atoms with E-state index < -0.39 is 44.3 Å². The lowest BCUT2D eigenvalue weighted by Gasteiger charge is -2.20. The molecule has 0 saturated heterocycles. The third kappa shape index (κ3) is 4.92. The van der Waals surface area contributed by atoms with E-state index in [0.717, 1.165) is 17.7 Å². The number of aromatic nitrogens is 2. The van der Waals surface area contributed by atoms with Gasteiger partial charge in [-0.2, -0.15) is 0 Å². The number of rotatable bonds is 6. The number of hydrogen-bond acceptors (Lipinski definition) is 4. The highest BCUT2D eigenvalue weighted by Gasteiger charge is 2.36. The number of halogens is 4. The van der Waals surface area contributed by atoms with Gasteiger partial charge in [-0.3, -0.25) is 4.79 Å². The SMILES string of the molecule is Cc1cc(NC(=O)c2c(F)c(S(=O)(=O)N[C@H](C)C(C)(F)F)cn2C)cc(Br)n1. The Morgan fingerprint density at radius 3 is 2.50 bits per heavy atom. The molecule has 2 aromatic heterocycles. The number of nitrogens with one attached hydrogen (secondary N) is 2. The van der Waals surface area contributed by atoms with Crippen LogP contribution in [0.5, 0.6) is 0 Å². The molecule has 2 aromatic rings. The maximum atomic E-state index is 14.7. The topological polar surface area (TPSA) is 93.1 Å². The van der Waals surface area contributed by atoms with E-state index in [1.54, 1.807) is 11.6 Å². The fraction of sp³-hybridized carbons (Fsp3) is 0.375. The number of hydrogen-bond donors (Lipinski definition) is 2. The summed E-state index contributed by atoms with van der Waals surface area (Å²) < 4.78 is 69.0. The summed E-state index contributed by atoms with van der Waals surface area (Å²) in [5.41, 5.74) is 0.326. The van der Waals surface area contributed by atoms with E-state index in [-0.39, 0.29) is 0 Å². The first kappa shape index (κ1) is 22.4. The van der Waals surface area contributed by atoms with Crippen molar-refractivity contribution in [3.63, 3.8) is 0 Å². The summed E-state index contributed by atoms with van der Waals surface area (Å²) in [7, 11) is -3.35. The first-order valence-corrected chi connectivity index (χ1v) is 10.2. The van der Waals surface area contributed by atoms with Crippen molar-refractivity contribution in [3.05, 3.63) is 40.1 Å². The van der Waals surface area contributed by atoms with E-state index in [9.17, 15) is 26.4 Å². The van der Waals surface area contributed by atoms with Crippen LogP contribution in [0.2, 0.25) is 0 Å². The normalized spacial score (nSPS) is 13.4. The summed E-state index contributed by atoms with van der Waals surface area (Å²) in [4.78, 5) is 15.6. The minimum absolute atomic E-state index is 0.312. The molecule has 7 nitrogen and oxygen atoms in total. The molecule has 28 heavy (non-hydrogen) atoms. The zero-order valence-corrected chi connectivity index (χ0v) is 17.8. The van der Waals surface area contributed by atoms with Gasteiger partial charge >= 0.3 is 0 Å². The Morgan fingerprint density at radius 1 is 1.36 bits per heavy atom. The second-order valence-electron chi connectivity index (χ2n) is 6.34. The predicted octanol–water partition coefficient (Wildman–Crippen LogP) is 3.20. The fourth-order valence-corrected chi connectivity index (χ4v) is 4.26. The monoisotopic (exact) mass is 482 g/mol. The van der Waals surface area contributed by atoms with Crippen LogP contribution in [0.4, 0.5) is 18.9 Å². The molecule has 1 amide bonds. The molecule has 2 N–H and O–H groups in total. The molecule has 0 fully saturated rings. The highest BCUT2D eigenvalue weighted by atomic mass is 79.9. The van der Waals surface area contributed by atoms with Crippen LogP contribution in [-0.2, 0) is 17.1 Å². The van der Waals surface area contributed by atoms with Gasteiger partial charge in [0.2, 0.25) is 10.0 Å². The molecule has 0 aliphatic rings. The van der Waals surface area contributed by atoms with Crippen molar-refractivity contribution in [2.24, 2.45) is 7.05 Å². The molecule has 0 aliphatic heterocycles. The summed E-state index contributed by atoms with van der Waals surface area (Å²) in [6.45, 7) is 3.18. The number of nitrogens with zero attached hydrogens (tertiary/aromatic N) is 2. The number of sulfonamides is 1. The number of amides is 1. The minimum atomic E-state index is -4.62. The average molecular weight is 483 g/mol. The Bertz CT molecular complexity index is 999. The summed E-state index contributed by atoms with van der Waals surface area (Å²) >= 11 is 3.17. The zero-order valence-electron chi connectivity index (χ0n) is 15.3. The van der Waals surface area contributed by atoms with Crippen LogP contribution < -0.4 is 10.0 Å². The first-order chi connectivity index (χ1) is 12.7. The Balaban J connectivity index is 2.36.